The summed E-state index contributed by atoms with van der Waals surface area (Å²) in [5.41, 5.74) is 3.59. The third-order valence-electron chi connectivity index (χ3n) is 5.03. The van der Waals surface area contributed by atoms with Crippen molar-refractivity contribution in [2.45, 2.75) is 58.6 Å². The van der Waals surface area contributed by atoms with E-state index in [4.69, 9.17) is 0 Å². The van der Waals surface area contributed by atoms with Crippen LogP contribution in [0, 0.1) is 12.8 Å². The van der Waals surface area contributed by atoms with Gasteiger partial charge in [0.2, 0.25) is 5.91 Å². The summed E-state index contributed by atoms with van der Waals surface area (Å²) < 4.78 is 1.94. The van der Waals surface area contributed by atoms with Crippen LogP contribution in [0.5, 0.6) is 0 Å². The molecule has 1 amide bonds. The van der Waals surface area contributed by atoms with Crippen LogP contribution in [0.4, 0.5) is 5.82 Å². The first-order valence-corrected chi connectivity index (χ1v) is 9.07. The van der Waals surface area contributed by atoms with E-state index in [9.17, 15) is 9.90 Å². The molecule has 1 aromatic heterocycles. The van der Waals surface area contributed by atoms with Crippen LogP contribution in [-0.2, 0) is 11.2 Å². The Morgan fingerprint density at radius 1 is 1.40 bits per heavy atom. The van der Waals surface area contributed by atoms with E-state index >= 15 is 0 Å². The van der Waals surface area contributed by atoms with Crippen LogP contribution in [-0.4, -0.2) is 26.9 Å². The first-order chi connectivity index (χ1) is 12.0. The number of aryl methyl sites for hydroxylation is 2. The Kier molecular flexibility index (Phi) is 5.23. The molecule has 1 aliphatic rings. The SMILES string of the molecule is Cc1cnn(C2CCCc3ccccc32)c1NC(=O)CC(O)C(C)C. The smallest absolute Gasteiger partial charge is 0.228 e. The number of hydrogen-bond acceptors (Lipinski definition) is 3. The first kappa shape index (κ1) is 17.7. The van der Waals surface area contributed by atoms with Crippen LogP contribution < -0.4 is 5.32 Å². The minimum absolute atomic E-state index is 0.0574. The first-order valence-electron chi connectivity index (χ1n) is 9.07. The molecule has 1 aromatic carbocycles. The van der Waals surface area contributed by atoms with Crippen molar-refractivity contribution in [3.63, 3.8) is 0 Å². The number of carbonyl (C=O) groups excluding carboxylic acids is 1. The normalized spacial score (nSPS) is 18.0. The second kappa shape index (κ2) is 7.40. The number of nitrogens with one attached hydrogen (secondary N) is 1. The standard InChI is InChI=1S/C20H27N3O2/c1-13(2)18(24)11-19(25)22-20-14(3)12-21-23(20)17-10-6-8-15-7-4-5-9-16(15)17/h4-5,7,9,12-13,17-18,24H,6,8,10-11H2,1-3H3,(H,22,25). The van der Waals surface area contributed by atoms with Crippen molar-refractivity contribution in [3.05, 3.63) is 47.2 Å². The lowest BCUT2D eigenvalue weighted by molar-refractivity contribution is -0.118. The molecule has 2 aromatic rings. The Morgan fingerprint density at radius 2 is 2.16 bits per heavy atom. The number of aliphatic hydroxyl groups excluding tert-OH is 1. The van der Waals surface area contributed by atoms with E-state index in [0.717, 1.165) is 30.6 Å². The van der Waals surface area contributed by atoms with Crippen molar-refractivity contribution in [1.29, 1.82) is 0 Å². The van der Waals surface area contributed by atoms with Gasteiger partial charge in [-0.15, -0.1) is 0 Å². The van der Waals surface area contributed by atoms with E-state index in [1.807, 2.05) is 25.5 Å². The highest BCUT2D eigenvalue weighted by atomic mass is 16.3. The van der Waals surface area contributed by atoms with Crippen LogP contribution in [0.2, 0.25) is 0 Å². The molecule has 0 aliphatic heterocycles. The van der Waals surface area contributed by atoms with Gasteiger partial charge in [-0.25, -0.2) is 4.68 Å². The Labute approximate surface area is 149 Å². The minimum Gasteiger partial charge on any atom is -0.392 e. The summed E-state index contributed by atoms with van der Waals surface area (Å²) in [6.45, 7) is 5.77. The molecule has 3 rings (SSSR count). The zero-order chi connectivity index (χ0) is 18.0. The van der Waals surface area contributed by atoms with Crippen molar-refractivity contribution in [2.24, 2.45) is 5.92 Å². The summed E-state index contributed by atoms with van der Waals surface area (Å²) in [7, 11) is 0. The predicted octanol–water partition coefficient (Wildman–Crippen LogP) is 3.46. The largest absolute Gasteiger partial charge is 0.392 e. The van der Waals surface area contributed by atoms with E-state index in [-0.39, 0.29) is 24.3 Å². The summed E-state index contributed by atoms with van der Waals surface area (Å²) >= 11 is 0. The molecule has 0 saturated carbocycles. The van der Waals surface area contributed by atoms with Gasteiger partial charge in [-0.3, -0.25) is 4.79 Å². The molecule has 1 aliphatic carbocycles. The van der Waals surface area contributed by atoms with Crippen molar-refractivity contribution in [1.82, 2.24) is 9.78 Å². The molecule has 2 unspecified atom stereocenters. The van der Waals surface area contributed by atoms with Crippen LogP contribution >= 0.6 is 0 Å². The predicted molar refractivity (Wildman–Crippen MR) is 98.6 cm³/mol. The van der Waals surface area contributed by atoms with Crippen molar-refractivity contribution in [3.8, 4) is 0 Å². The monoisotopic (exact) mass is 341 g/mol. The van der Waals surface area contributed by atoms with Crippen LogP contribution in [0.1, 0.15) is 55.8 Å². The van der Waals surface area contributed by atoms with E-state index in [1.54, 1.807) is 6.20 Å². The Morgan fingerprint density at radius 3 is 2.92 bits per heavy atom. The molecular formula is C20H27N3O2. The van der Waals surface area contributed by atoms with Gasteiger partial charge in [-0.1, -0.05) is 38.1 Å². The molecule has 0 saturated heterocycles. The van der Waals surface area contributed by atoms with Gasteiger partial charge in [0.25, 0.3) is 0 Å². The van der Waals surface area contributed by atoms with E-state index < -0.39 is 6.10 Å². The Hall–Kier alpha value is -2.14. The highest BCUT2D eigenvalue weighted by Gasteiger charge is 2.25. The van der Waals surface area contributed by atoms with Gasteiger partial charge >= 0.3 is 0 Å². The van der Waals surface area contributed by atoms with Gasteiger partial charge in [-0.05, 0) is 43.2 Å². The second-order valence-corrected chi connectivity index (χ2v) is 7.29. The minimum atomic E-state index is -0.632. The third-order valence-corrected chi connectivity index (χ3v) is 5.03. The van der Waals surface area contributed by atoms with E-state index in [0.29, 0.717) is 0 Å². The van der Waals surface area contributed by atoms with Crippen LogP contribution in [0.3, 0.4) is 0 Å². The summed E-state index contributed by atoms with van der Waals surface area (Å²) in [5.74, 6) is 0.625. The van der Waals surface area contributed by atoms with Gasteiger partial charge in [-0.2, -0.15) is 5.10 Å². The molecule has 1 heterocycles. The quantitative estimate of drug-likeness (QED) is 0.875. The maximum Gasteiger partial charge on any atom is 0.228 e. The average Bonchev–Trinajstić information content (AvgIpc) is 2.94. The topological polar surface area (TPSA) is 67.2 Å². The van der Waals surface area contributed by atoms with Gasteiger partial charge < -0.3 is 10.4 Å². The number of hydrogen-bond donors (Lipinski definition) is 2. The molecule has 0 radical (unpaired) electrons. The number of benzene rings is 1. The number of anilines is 1. The van der Waals surface area contributed by atoms with Crippen LogP contribution in [0.15, 0.2) is 30.5 Å². The summed E-state index contributed by atoms with van der Waals surface area (Å²) in [5, 5.41) is 17.5. The van der Waals surface area contributed by atoms with Gasteiger partial charge in [0.05, 0.1) is 24.8 Å². The van der Waals surface area contributed by atoms with E-state index in [1.165, 1.54) is 11.1 Å². The fraction of sp³-hybridized carbons (Fsp3) is 0.500. The number of fused-ring (bicyclic) bond motifs is 1. The molecule has 5 nitrogen and oxygen atoms in total. The van der Waals surface area contributed by atoms with Crippen molar-refractivity contribution in [2.75, 3.05) is 5.32 Å². The molecule has 0 bridgehead atoms. The van der Waals surface area contributed by atoms with Gasteiger partial charge in [0, 0.05) is 5.56 Å². The average molecular weight is 341 g/mol. The molecular weight excluding hydrogens is 314 g/mol. The fourth-order valence-corrected chi connectivity index (χ4v) is 3.43. The Bertz CT molecular complexity index is 751. The molecule has 0 spiro atoms. The van der Waals surface area contributed by atoms with Crippen molar-refractivity contribution < 1.29 is 9.90 Å². The lowest BCUT2D eigenvalue weighted by Gasteiger charge is -2.27. The van der Waals surface area contributed by atoms with E-state index in [2.05, 4.69) is 34.7 Å². The second-order valence-electron chi connectivity index (χ2n) is 7.29. The number of carbonyl (C=O) groups is 1. The lowest BCUT2D eigenvalue weighted by Crippen LogP contribution is -2.26. The third kappa shape index (κ3) is 3.76. The maximum absolute atomic E-state index is 12.3. The molecule has 0 fully saturated rings. The molecule has 2 atom stereocenters. The number of aromatic nitrogens is 2. The highest BCUT2D eigenvalue weighted by Crippen LogP contribution is 2.35. The molecule has 5 heteroatoms. The zero-order valence-corrected chi connectivity index (χ0v) is 15.2. The highest BCUT2D eigenvalue weighted by molar-refractivity contribution is 5.90. The Balaban J connectivity index is 1.85. The summed E-state index contributed by atoms with van der Waals surface area (Å²) in [6.07, 6.45) is 4.48. The molecule has 25 heavy (non-hydrogen) atoms. The molecule has 134 valence electrons. The van der Waals surface area contributed by atoms with Gasteiger partial charge in [0.15, 0.2) is 0 Å². The maximum atomic E-state index is 12.3. The molecule has 2 N–H and O–H groups in total. The van der Waals surface area contributed by atoms with Crippen molar-refractivity contribution >= 4 is 11.7 Å². The number of nitrogens with zero attached hydrogens (tertiary/aromatic N) is 2. The summed E-state index contributed by atoms with van der Waals surface area (Å²) in [6, 6.07) is 8.61. The zero-order valence-electron chi connectivity index (χ0n) is 15.2. The fourth-order valence-electron chi connectivity index (χ4n) is 3.43. The lowest BCUT2D eigenvalue weighted by atomic mass is 9.88. The number of aliphatic hydroxyl groups is 1. The summed E-state index contributed by atoms with van der Waals surface area (Å²) in [4.78, 5) is 12.3. The van der Waals surface area contributed by atoms with Crippen LogP contribution in [0.25, 0.3) is 0 Å². The number of amides is 1. The van der Waals surface area contributed by atoms with Gasteiger partial charge in [0.1, 0.15) is 5.82 Å². The number of rotatable bonds is 5.